The highest BCUT2D eigenvalue weighted by Gasteiger charge is 1.96. The molecule has 0 saturated heterocycles. The molecule has 3 nitrogen and oxygen atoms in total. The number of benzene rings is 1. The first-order chi connectivity index (χ1) is 7.22. The Balaban J connectivity index is 2.45. The predicted octanol–water partition coefficient (Wildman–Crippen LogP) is 1.93. The third-order valence-corrected chi connectivity index (χ3v) is 2.24. The van der Waals surface area contributed by atoms with Crippen LogP contribution in [0, 0.1) is 0 Å². The van der Waals surface area contributed by atoms with Gasteiger partial charge in [0, 0.05) is 5.69 Å². The third kappa shape index (κ3) is 4.49. The number of nitrogens with one attached hydrogen (secondary N) is 1. The van der Waals surface area contributed by atoms with Crippen LogP contribution in [-0.4, -0.2) is 12.5 Å². The van der Waals surface area contributed by atoms with Gasteiger partial charge in [-0.3, -0.25) is 4.79 Å². The number of unbranched alkanes of at least 4 members (excludes halogenated alkanes) is 1. The van der Waals surface area contributed by atoms with Gasteiger partial charge < -0.3 is 11.1 Å². The monoisotopic (exact) mass is 206 g/mol. The maximum atomic E-state index is 10.5. The number of primary amides is 1. The topological polar surface area (TPSA) is 55.1 Å². The van der Waals surface area contributed by atoms with Gasteiger partial charge in [0.25, 0.3) is 0 Å². The van der Waals surface area contributed by atoms with Crippen molar-refractivity contribution < 1.29 is 4.79 Å². The van der Waals surface area contributed by atoms with Crippen molar-refractivity contribution in [2.45, 2.75) is 26.2 Å². The van der Waals surface area contributed by atoms with Crippen molar-refractivity contribution in [1.82, 2.24) is 0 Å². The summed E-state index contributed by atoms with van der Waals surface area (Å²) in [6.07, 6.45) is 3.54. The summed E-state index contributed by atoms with van der Waals surface area (Å²) in [7, 11) is 0. The fraction of sp³-hybridized carbons (Fsp3) is 0.417. The van der Waals surface area contributed by atoms with Gasteiger partial charge in [-0.2, -0.15) is 0 Å². The number of nitrogens with two attached hydrogens (primary N) is 1. The summed E-state index contributed by atoms with van der Waals surface area (Å²) in [6.45, 7) is 2.37. The molecule has 3 N–H and O–H groups in total. The SMILES string of the molecule is CCCCc1ccc(NCC(N)=O)cc1. The summed E-state index contributed by atoms with van der Waals surface area (Å²) < 4.78 is 0. The Bertz CT molecular complexity index is 306. The molecule has 1 rings (SSSR count). The minimum absolute atomic E-state index is 0.189. The normalized spacial score (nSPS) is 9.93. The molecule has 0 saturated carbocycles. The lowest BCUT2D eigenvalue weighted by Crippen LogP contribution is -2.21. The molecule has 0 spiro atoms. The van der Waals surface area contributed by atoms with Gasteiger partial charge in [-0.05, 0) is 30.5 Å². The van der Waals surface area contributed by atoms with Crippen LogP contribution in [-0.2, 0) is 11.2 Å². The van der Waals surface area contributed by atoms with E-state index < -0.39 is 0 Å². The van der Waals surface area contributed by atoms with E-state index in [0.29, 0.717) is 0 Å². The number of hydrogen-bond acceptors (Lipinski definition) is 2. The van der Waals surface area contributed by atoms with E-state index in [9.17, 15) is 4.79 Å². The lowest BCUT2D eigenvalue weighted by Gasteiger charge is -2.05. The van der Waals surface area contributed by atoms with E-state index in [0.717, 1.165) is 12.1 Å². The highest BCUT2D eigenvalue weighted by atomic mass is 16.1. The van der Waals surface area contributed by atoms with Crippen molar-refractivity contribution in [3.05, 3.63) is 29.8 Å². The molecular weight excluding hydrogens is 188 g/mol. The summed E-state index contributed by atoms with van der Waals surface area (Å²) in [5.41, 5.74) is 7.31. The van der Waals surface area contributed by atoms with Crippen molar-refractivity contribution >= 4 is 11.6 Å². The van der Waals surface area contributed by atoms with Gasteiger partial charge in [-0.15, -0.1) is 0 Å². The molecule has 0 aliphatic heterocycles. The molecule has 0 atom stereocenters. The number of aryl methyl sites for hydroxylation is 1. The Labute approximate surface area is 90.7 Å². The maximum Gasteiger partial charge on any atom is 0.236 e. The molecular formula is C12H18N2O. The molecule has 1 aromatic carbocycles. The van der Waals surface area contributed by atoms with Crippen molar-refractivity contribution in [2.24, 2.45) is 5.73 Å². The van der Waals surface area contributed by atoms with E-state index in [1.165, 1.54) is 18.4 Å². The third-order valence-electron chi connectivity index (χ3n) is 2.24. The quantitative estimate of drug-likeness (QED) is 0.747. The minimum Gasteiger partial charge on any atom is -0.376 e. The van der Waals surface area contributed by atoms with E-state index in [1.807, 2.05) is 12.1 Å². The van der Waals surface area contributed by atoms with E-state index in [2.05, 4.69) is 24.4 Å². The first kappa shape index (κ1) is 11.6. The van der Waals surface area contributed by atoms with Gasteiger partial charge >= 0.3 is 0 Å². The van der Waals surface area contributed by atoms with Gasteiger partial charge in [0.15, 0.2) is 0 Å². The van der Waals surface area contributed by atoms with E-state index in [-0.39, 0.29) is 12.5 Å². The Morgan fingerprint density at radius 2 is 2.00 bits per heavy atom. The summed E-state index contributed by atoms with van der Waals surface area (Å²) in [5.74, 6) is -0.343. The maximum absolute atomic E-state index is 10.5. The molecule has 0 heterocycles. The lowest BCUT2D eigenvalue weighted by atomic mass is 10.1. The van der Waals surface area contributed by atoms with Crippen molar-refractivity contribution in [3.63, 3.8) is 0 Å². The van der Waals surface area contributed by atoms with Crippen LogP contribution in [0.15, 0.2) is 24.3 Å². The molecule has 0 unspecified atom stereocenters. The fourth-order valence-electron chi connectivity index (χ4n) is 1.36. The molecule has 82 valence electrons. The summed E-state index contributed by atoms with van der Waals surface area (Å²) in [4.78, 5) is 10.5. The van der Waals surface area contributed by atoms with E-state index in [1.54, 1.807) is 0 Å². The molecule has 0 aliphatic rings. The average Bonchev–Trinajstić information content (AvgIpc) is 2.25. The number of carbonyl (C=O) groups excluding carboxylic acids is 1. The molecule has 15 heavy (non-hydrogen) atoms. The van der Waals surface area contributed by atoms with Crippen LogP contribution in [0.3, 0.4) is 0 Å². The van der Waals surface area contributed by atoms with Crippen molar-refractivity contribution in [1.29, 1.82) is 0 Å². The zero-order valence-electron chi connectivity index (χ0n) is 9.12. The highest BCUT2D eigenvalue weighted by molar-refractivity contribution is 5.78. The number of carbonyl (C=O) groups is 1. The fourth-order valence-corrected chi connectivity index (χ4v) is 1.36. The summed E-state index contributed by atoms with van der Waals surface area (Å²) in [5, 5.41) is 2.95. The van der Waals surface area contributed by atoms with Gasteiger partial charge in [0.1, 0.15) is 0 Å². The first-order valence-electron chi connectivity index (χ1n) is 5.33. The van der Waals surface area contributed by atoms with Crippen LogP contribution in [0.4, 0.5) is 5.69 Å². The number of rotatable bonds is 6. The molecule has 0 radical (unpaired) electrons. The lowest BCUT2D eigenvalue weighted by molar-refractivity contribution is -0.116. The smallest absolute Gasteiger partial charge is 0.236 e. The molecule has 3 heteroatoms. The Kier molecular flexibility index (Phi) is 4.68. The second-order valence-corrected chi connectivity index (χ2v) is 3.62. The molecule has 1 amide bonds. The first-order valence-corrected chi connectivity index (χ1v) is 5.33. The molecule has 0 fully saturated rings. The second-order valence-electron chi connectivity index (χ2n) is 3.62. The Morgan fingerprint density at radius 3 is 2.53 bits per heavy atom. The Hall–Kier alpha value is -1.51. The summed E-state index contributed by atoms with van der Waals surface area (Å²) >= 11 is 0. The van der Waals surface area contributed by atoms with E-state index in [4.69, 9.17) is 5.73 Å². The molecule has 0 aliphatic carbocycles. The minimum atomic E-state index is -0.343. The summed E-state index contributed by atoms with van der Waals surface area (Å²) in [6, 6.07) is 8.12. The van der Waals surface area contributed by atoms with Crippen LogP contribution >= 0.6 is 0 Å². The molecule has 1 aromatic rings. The van der Waals surface area contributed by atoms with Crippen molar-refractivity contribution in [3.8, 4) is 0 Å². The van der Waals surface area contributed by atoms with Crippen LogP contribution in [0.1, 0.15) is 25.3 Å². The van der Waals surface area contributed by atoms with Crippen LogP contribution in [0.5, 0.6) is 0 Å². The average molecular weight is 206 g/mol. The molecule has 0 aromatic heterocycles. The number of hydrogen-bond donors (Lipinski definition) is 2. The second kappa shape index (κ2) is 6.06. The Morgan fingerprint density at radius 1 is 1.33 bits per heavy atom. The van der Waals surface area contributed by atoms with Crippen LogP contribution < -0.4 is 11.1 Å². The van der Waals surface area contributed by atoms with Crippen molar-refractivity contribution in [2.75, 3.05) is 11.9 Å². The predicted molar refractivity (Wildman–Crippen MR) is 62.7 cm³/mol. The van der Waals surface area contributed by atoms with Crippen LogP contribution in [0.25, 0.3) is 0 Å². The standard InChI is InChI=1S/C12H18N2O/c1-2-3-4-10-5-7-11(8-6-10)14-9-12(13)15/h5-8,14H,2-4,9H2,1H3,(H2,13,15). The van der Waals surface area contributed by atoms with Gasteiger partial charge in [-0.1, -0.05) is 25.5 Å². The highest BCUT2D eigenvalue weighted by Crippen LogP contribution is 2.11. The van der Waals surface area contributed by atoms with E-state index >= 15 is 0 Å². The van der Waals surface area contributed by atoms with Gasteiger partial charge in [-0.25, -0.2) is 0 Å². The zero-order chi connectivity index (χ0) is 11.1. The van der Waals surface area contributed by atoms with Crippen LogP contribution in [0.2, 0.25) is 0 Å². The zero-order valence-corrected chi connectivity index (χ0v) is 9.12. The largest absolute Gasteiger partial charge is 0.376 e. The number of amides is 1. The number of anilines is 1. The van der Waals surface area contributed by atoms with Gasteiger partial charge in [0.05, 0.1) is 6.54 Å². The van der Waals surface area contributed by atoms with Gasteiger partial charge in [0.2, 0.25) is 5.91 Å². The molecule has 0 bridgehead atoms.